The summed E-state index contributed by atoms with van der Waals surface area (Å²) in [6, 6.07) is 15.2. The van der Waals surface area contributed by atoms with Crippen LogP contribution < -0.4 is 4.90 Å². The molecule has 3 amide bonds. The first-order valence-electron chi connectivity index (χ1n) is 14.0. The minimum Gasteiger partial charge on any atom is -0.394 e. The number of carbonyl (C=O) groups is 3. The Kier molecular flexibility index (Phi) is 8.64. The molecule has 216 valence electrons. The quantitative estimate of drug-likeness (QED) is 0.395. The summed E-state index contributed by atoms with van der Waals surface area (Å²) in [7, 11) is 1.73. The lowest BCUT2D eigenvalue weighted by atomic mass is 9.70. The number of nitrogens with zero attached hydrogens (tertiary/aromatic N) is 3. The first-order valence-corrected chi connectivity index (χ1v) is 15.2. The highest BCUT2D eigenvalue weighted by Gasteiger charge is 2.74. The average molecular weight is 594 g/mol. The van der Waals surface area contributed by atoms with Gasteiger partial charge in [0.1, 0.15) is 6.04 Å². The molecule has 41 heavy (non-hydrogen) atoms. The molecule has 7 nitrogen and oxygen atoms in total. The Morgan fingerprint density at radius 1 is 1.12 bits per heavy atom. The first kappa shape index (κ1) is 29.4. The number of likely N-dealkylation sites (N-methyl/N-ethyl adjacent to an activating group) is 1. The van der Waals surface area contributed by atoms with Gasteiger partial charge >= 0.3 is 0 Å². The number of thioether (sulfide) groups is 1. The lowest BCUT2D eigenvalue weighted by Gasteiger charge is -2.39. The lowest BCUT2D eigenvalue weighted by molar-refractivity contribution is -0.144. The van der Waals surface area contributed by atoms with Crippen molar-refractivity contribution in [1.29, 1.82) is 0 Å². The van der Waals surface area contributed by atoms with Gasteiger partial charge in [0.2, 0.25) is 11.8 Å². The number of aliphatic hydroxyl groups is 1. The Bertz CT molecular complexity index is 1320. The second kappa shape index (κ2) is 12.0. The van der Waals surface area contributed by atoms with Crippen LogP contribution in [-0.4, -0.2) is 81.5 Å². The third-order valence-corrected chi connectivity index (χ3v) is 10.9. The van der Waals surface area contributed by atoms with Crippen LogP contribution in [0.15, 0.2) is 79.9 Å². The Balaban J connectivity index is 1.60. The molecule has 3 heterocycles. The summed E-state index contributed by atoms with van der Waals surface area (Å²) in [5.41, 5.74) is 1.60. The van der Waals surface area contributed by atoms with E-state index >= 15 is 0 Å². The summed E-state index contributed by atoms with van der Waals surface area (Å²) < 4.78 is -0.774. The second-order valence-corrected chi connectivity index (χ2v) is 13.1. The van der Waals surface area contributed by atoms with E-state index in [-0.39, 0.29) is 36.1 Å². The van der Waals surface area contributed by atoms with Crippen LogP contribution in [0.3, 0.4) is 0 Å². The van der Waals surface area contributed by atoms with Crippen molar-refractivity contribution >= 4 is 46.8 Å². The molecule has 2 unspecified atom stereocenters. The van der Waals surface area contributed by atoms with Crippen molar-refractivity contribution in [2.24, 2.45) is 11.8 Å². The number of aliphatic hydroxyl groups excluding tert-OH is 1. The van der Waals surface area contributed by atoms with Crippen LogP contribution in [0.25, 0.3) is 0 Å². The third kappa shape index (κ3) is 5.11. The molecule has 9 heteroatoms. The van der Waals surface area contributed by atoms with E-state index in [1.807, 2.05) is 30.3 Å². The molecule has 0 aliphatic carbocycles. The molecule has 1 N–H and O–H groups in total. The fourth-order valence-electron chi connectivity index (χ4n) is 6.94. The number of benzene rings is 2. The highest BCUT2D eigenvalue weighted by atomic mass is 35.5. The zero-order valence-electron chi connectivity index (χ0n) is 23.2. The fourth-order valence-corrected chi connectivity index (χ4v) is 9.26. The molecule has 2 bridgehead atoms. The van der Waals surface area contributed by atoms with E-state index in [1.165, 1.54) is 0 Å². The van der Waals surface area contributed by atoms with Gasteiger partial charge in [0.25, 0.3) is 5.91 Å². The smallest absolute Gasteiger partial charge is 0.251 e. The predicted octanol–water partition coefficient (Wildman–Crippen LogP) is 4.20. The van der Waals surface area contributed by atoms with Crippen molar-refractivity contribution in [1.82, 2.24) is 9.80 Å². The number of hydrogen-bond acceptors (Lipinski definition) is 5. The van der Waals surface area contributed by atoms with Crippen molar-refractivity contribution in [2.45, 2.75) is 41.3 Å². The zero-order valence-corrected chi connectivity index (χ0v) is 24.8. The maximum atomic E-state index is 14.7. The summed E-state index contributed by atoms with van der Waals surface area (Å²) in [5, 5.41) is 11.2. The molecule has 0 radical (unpaired) electrons. The first-order chi connectivity index (χ1) is 19.8. The molecule has 3 aliphatic rings. The molecule has 2 aromatic rings. The maximum absolute atomic E-state index is 14.7. The molecule has 3 aliphatic heterocycles. The van der Waals surface area contributed by atoms with Crippen LogP contribution in [0, 0.1) is 11.8 Å². The summed E-state index contributed by atoms with van der Waals surface area (Å²) >= 11 is 7.77. The van der Waals surface area contributed by atoms with Gasteiger partial charge in [-0.15, -0.1) is 24.9 Å². The standard InChI is InChI=1S/C32H36ClN3O4S/c1-4-17-34(3)29(38)26-25-15-16-32(41-25)27(26)30(39)36(24(20-37)19-21-9-7-6-8-10-21)28(32)31(40)35(18-5-2)23-13-11-22(33)12-14-23/h4-14,24-28,37H,1-2,15-20H2,3H3/t24-,25+,26-,27+,28?,32?/m1/s1. The van der Waals surface area contributed by atoms with E-state index in [9.17, 15) is 19.5 Å². The van der Waals surface area contributed by atoms with Crippen molar-refractivity contribution in [2.75, 3.05) is 31.6 Å². The topological polar surface area (TPSA) is 81.2 Å². The van der Waals surface area contributed by atoms with Crippen LogP contribution in [0.2, 0.25) is 5.02 Å². The van der Waals surface area contributed by atoms with E-state index in [2.05, 4.69) is 13.2 Å². The molecule has 1 spiro atoms. The van der Waals surface area contributed by atoms with E-state index in [0.29, 0.717) is 30.1 Å². The SMILES string of the molecule is C=CCN(C)C(=O)[C@@H]1[C@@H]2CCC3(S2)C(C(=O)N(CC=C)c2ccc(Cl)cc2)N([C@@H](CO)Cc2ccccc2)C(=O)[C@H]13. The Hall–Kier alpha value is -3.07. The number of hydrogen-bond donors (Lipinski definition) is 1. The highest BCUT2D eigenvalue weighted by Crippen LogP contribution is 2.67. The summed E-state index contributed by atoms with van der Waals surface area (Å²) in [5.74, 6) is -1.76. The molecule has 3 fully saturated rings. The fraction of sp³-hybridized carbons (Fsp3) is 0.406. The molecule has 3 saturated heterocycles. The number of likely N-dealkylation sites (tertiary alicyclic amines) is 1. The molecule has 5 rings (SSSR count). The molecular formula is C32H36ClN3O4S. The van der Waals surface area contributed by atoms with Crippen LogP contribution in [0.5, 0.6) is 0 Å². The summed E-state index contributed by atoms with van der Waals surface area (Å²) in [6.45, 7) is 7.94. The molecule has 0 aromatic heterocycles. The van der Waals surface area contributed by atoms with Crippen molar-refractivity contribution in [3.63, 3.8) is 0 Å². The van der Waals surface area contributed by atoms with Crippen molar-refractivity contribution in [3.8, 4) is 0 Å². The Labute approximate surface area is 250 Å². The number of carbonyl (C=O) groups excluding carboxylic acids is 3. The summed E-state index contributed by atoms with van der Waals surface area (Å²) in [4.78, 5) is 47.9. The normalized spacial score (nSPS) is 26.9. The predicted molar refractivity (Wildman–Crippen MR) is 164 cm³/mol. The number of halogens is 1. The van der Waals surface area contributed by atoms with Gasteiger partial charge in [-0.3, -0.25) is 14.4 Å². The summed E-state index contributed by atoms with van der Waals surface area (Å²) in [6.07, 6.45) is 5.11. The van der Waals surface area contributed by atoms with Crippen molar-refractivity contribution < 1.29 is 19.5 Å². The average Bonchev–Trinajstić information content (AvgIpc) is 3.62. The van der Waals surface area contributed by atoms with Crippen LogP contribution in [0.4, 0.5) is 5.69 Å². The van der Waals surface area contributed by atoms with Gasteiger partial charge in [0.05, 0.1) is 29.2 Å². The van der Waals surface area contributed by atoms with Crippen LogP contribution in [0.1, 0.15) is 18.4 Å². The van der Waals surface area contributed by atoms with Crippen LogP contribution in [-0.2, 0) is 20.8 Å². The van der Waals surface area contributed by atoms with Gasteiger partial charge in [-0.25, -0.2) is 0 Å². The minimum atomic E-state index is -0.853. The maximum Gasteiger partial charge on any atom is 0.251 e. The number of amides is 3. The third-order valence-electron chi connectivity index (χ3n) is 8.67. The van der Waals surface area contributed by atoms with E-state index in [1.54, 1.807) is 69.9 Å². The second-order valence-electron chi connectivity index (χ2n) is 11.0. The lowest BCUT2D eigenvalue weighted by Crippen LogP contribution is -2.58. The van der Waals surface area contributed by atoms with Crippen LogP contribution >= 0.6 is 23.4 Å². The van der Waals surface area contributed by atoms with Gasteiger partial charge in [-0.2, -0.15) is 0 Å². The minimum absolute atomic E-state index is 0.0498. The Morgan fingerprint density at radius 2 is 1.80 bits per heavy atom. The molecule has 0 saturated carbocycles. The number of fused-ring (bicyclic) bond motifs is 1. The zero-order chi connectivity index (χ0) is 29.3. The number of rotatable bonds is 11. The molecule has 6 atom stereocenters. The Morgan fingerprint density at radius 3 is 2.44 bits per heavy atom. The van der Waals surface area contributed by atoms with Gasteiger partial charge < -0.3 is 19.8 Å². The molecular weight excluding hydrogens is 558 g/mol. The van der Waals surface area contributed by atoms with Gasteiger partial charge in [0.15, 0.2) is 0 Å². The van der Waals surface area contributed by atoms with Gasteiger partial charge in [-0.05, 0) is 49.1 Å². The van der Waals surface area contributed by atoms with Gasteiger partial charge in [0, 0.05) is 36.1 Å². The van der Waals surface area contributed by atoms with E-state index < -0.39 is 28.7 Å². The largest absolute Gasteiger partial charge is 0.394 e. The van der Waals surface area contributed by atoms with E-state index in [4.69, 9.17) is 11.6 Å². The molecule has 2 aromatic carbocycles. The van der Waals surface area contributed by atoms with E-state index in [0.717, 1.165) is 12.0 Å². The van der Waals surface area contributed by atoms with Gasteiger partial charge in [-0.1, -0.05) is 54.1 Å². The highest BCUT2D eigenvalue weighted by molar-refractivity contribution is 8.02. The number of anilines is 1. The van der Waals surface area contributed by atoms with Crippen molar-refractivity contribution in [3.05, 3.63) is 90.5 Å². The monoisotopic (exact) mass is 593 g/mol.